The van der Waals surface area contributed by atoms with Gasteiger partial charge in [-0.2, -0.15) is 0 Å². The van der Waals surface area contributed by atoms with Crippen molar-refractivity contribution in [3.63, 3.8) is 0 Å². The molecule has 3 nitrogen and oxygen atoms in total. The standard InChI is InChI=1S/C9H17NO2/c1-5-10-6-7(9(2,3)4)12-8(10)11/h7H,5-6H2,1-4H3. The molecule has 70 valence electrons. The number of rotatable bonds is 1. The highest BCUT2D eigenvalue weighted by molar-refractivity contribution is 5.69. The zero-order chi connectivity index (χ0) is 9.35. The molecule has 3 heteroatoms. The molecule has 0 N–H and O–H groups in total. The van der Waals surface area contributed by atoms with Crippen LogP contribution in [0.3, 0.4) is 0 Å². The lowest BCUT2D eigenvalue weighted by atomic mass is 9.89. The predicted molar refractivity (Wildman–Crippen MR) is 47.0 cm³/mol. The molecule has 0 bridgehead atoms. The SMILES string of the molecule is CCN1CC(C(C)(C)C)OC1=O. The molecule has 0 aliphatic carbocycles. The molecule has 0 spiro atoms. The minimum Gasteiger partial charge on any atom is -0.444 e. The number of carbonyl (C=O) groups is 1. The second-order valence-corrected chi connectivity index (χ2v) is 4.28. The topological polar surface area (TPSA) is 29.5 Å². The number of nitrogens with zero attached hydrogens (tertiary/aromatic N) is 1. The number of carbonyl (C=O) groups excluding carboxylic acids is 1. The van der Waals surface area contributed by atoms with Crippen LogP contribution in [0.1, 0.15) is 27.7 Å². The molecular weight excluding hydrogens is 154 g/mol. The first-order chi connectivity index (χ1) is 5.45. The van der Waals surface area contributed by atoms with Gasteiger partial charge >= 0.3 is 6.09 Å². The number of likely N-dealkylation sites (N-methyl/N-ethyl adjacent to an activating group) is 1. The predicted octanol–water partition coefficient (Wildman–Crippen LogP) is 1.87. The average molecular weight is 171 g/mol. The van der Waals surface area contributed by atoms with Gasteiger partial charge in [0.25, 0.3) is 0 Å². The number of cyclic esters (lactones) is 1. The fourth-order valence-corrected chi connectivity index (χ4v) is 1.22. The van der Waals surface area contributed by atoms with E-state index in [1.165, 1.54) is 0 Å². The van der Waals surface area contributed by atoms with Crippen LogP contribution < -0.4 is 0 Å². The Bertz CT molecular complexity index is 183. The van der Waals surface area contributed by atoms with Crippen molar-refractivity contribution in [1.29, 1.82) is 0 Å². The molecule has 12 heavy (non-hydrogen) atoms. The van der Waals surface area contributed by atoms with Crippen molar-refractivity contribution in [2.45, 2.75) is 33.8 Å². The van der Waals surface area contributed by atoms with Crippen LogP contribution in [0.25, 0.3) is 0 Å². The molecule has 0 aromatic carbocycles. The maximum Gasteiger partial charge on any atom is 0.410 e. The summed E-state index contributed by atoms with van der Waals surface area (Å²) in [6, 6.07) is 0. The molecule has 0 saturated carbocycles. The fraction of sp³-hybridized carbons (Fsp3) is 0.889. The van der Waals surface area contributed by atoms with E-state index in [2.05, 4.69) is 20.8 Å². The van der Waals surface area contributed by atoms with Crippen molar-refractivity contribution in [1.82, 2.24) is 4.90 Å². The molecule has 1 fully saturated rings. The highest BCUT2D eigenvalue weighted by atomic mass is 16.6. The first kappa shape index (κ1) is 9.36. The molecule has 0 aromatic rings. The van der Waals surface area contributed by atoms with E-state index < -0.39 is 0 Å². The Balaban J connectivity index is 2.60. The summed E-state index contributed by atoms with van der Waals surface area (Å²) in [5, 5.41) is 0. The van der Waals surface area contributed by atoms with Crippen LogP contribution in [0, 0.1) is 5.41 Å². The van der Waals surface area contributed by atoms with Crippen LogP contribution in [0.4, 0.5) is 4.79 Å². The van der Waals surface area contributed by atoms with Crippen LogP contribution in [-0.4, -0.2) is 30.2 Å². The highest BCUT2D eigenvalue weighted by Gasteiger charge is 2.37. The van der Waals surface area contributed by atoms with Crippen LogP contribution in [0.15, 0.2) is 0 Å². The van der Waals surface area contributed by atoms with Crippen molar-refractivity contribution < 1.29 is 9.53 Å². The van der Waals surface area contributed by atoms with Crippen molar-refractivity contribution in [2.75, 3.05) is 13.1 Å². The monoisotopic (exact) mass is 171 g/mol. The molecule has 1 amide bonds. The Hall–Kier alpha value is -0.730. The molecule has 0 aromatic heterocycles. The van der Waals surface area contributed by atoms with Gasteiger partial charge in [-0.25, -0.2) is 4.79 Å². The Morgan fingerprint density at radius 3 is 2.42 bits per heavy atom. The molecule has 1 saturated heterocycles. The lowest BCUT2D eigenvalue weighted by Crippen LogP contribution is -2.31. The van der Waals surface area contributed by atoms with Gasteiger partial charge in [0, 0.05) is 12.0 Å². The minimum atomic E-state index is -0.169. The van der Waals surface area contributed by atoms with Gasteiger partial charge in [0.05, 0.1) is 6.54 Å². The summed E-state index contributed by atoms with van der Waals surface area (Å²) in [5.41, 5.74) is 0.0551. The zero-order valence-electron chi connectivity index (χ0n) is 8.26. The third kappa shape index (κ3) is 1.71. The third-order valence-electron chi connectivity index (χ3n) is 2.24. The molecular formula is C9H17NO2. The Morgan fingerprint density at radius 1 is 1.58 bits per heavy atom. The van der Waals surface area contributed by atoms with Crippen LogP contribution >= 0.6 is 0 Å². The van der Waals surface area contributed by atoms with Crippen LogP contribution in [-0.2, 0) is 4.74 Å². The van der Waals surface area contributed by atoms with Gasteiger partial charge in [-0.05, 0) is 6.92 Å². The second kappa shape index (κ2) is 2.96. The van der Waals surface area contributed by atoms with E-state index in [-0.39, 0.29) is 17.6 Å². The molecule has 1 unspecified atom stereocenters. The summed E-state index contributed by atoms with van der Waals surface area (Å²) in [6.45, 7) is 9.70. The summed E-state index contributed by atoms with van der Waals surface area (Å²) in [7, 11) is 0. The number of hydrogen-bond acceptors (Lipinski definition) is 2. The first-order valence-corrected chi connectivity index (χ1v) is 4.40. The first-order valence-electron chi connectivity index (χ1n) is 4.40. The Kier molecular flexibility index (Phi) is 2.31. The molecule has 1 heterocycles. The summed E-state index contributed by atoms with van der Waals surface area (Å²) < 4.78 is 5.22. The summed E-state index contributed by atoms with van der Waals surface area (Å²) in [4.78, 5) is 12.9. The lowest BCUT2D eigenvalue weighted by molar-refractivity contribution is 0.0724. The van der Waals surface area contributed by atoms with Gasteiger partial charge in [-0.15, -0.1) is 0 Å². The molecule has 1 aliphatic rings. The van der Waals surface area contributed by atoms with Gasteiger partial charge in [-0.3, -0.25) is 0 Å². The van der Waals surface area contributed by atoms with Crippen molar-refractivity contribution in [3.05, 3.63) is 0 Å². The molecule has 1 rings (SSSR count). The number of ether oxygens (including phenoxy) is 1. The Labute approximate surface area is 73.7 Å². The normalized spacial score (nSPS) is 24.5. The Morgan fingerprint density at radius 2 is 2.17 bits per heavy atom. The van der Waals surface area contributed by atoms with E-state index in [9.17, 15) is 4.79 Å². The zero-order valence-corrected chi connectivity index (χ0v) is 8.26. The van der Waals surface area contributed by atoms with E-state index in [1.807, 2.05) is 6.92 Å². The quantitative estimate of drug-likeness (QED) is 0.602. The van der Waals surface area contributed by atoms with E-state index in [0.717, 1.165) is 13.1 Å². The van der Waals surface area contributed by atoms with E-state index in [0.29, 0.717) is 0 Å². The summed E-state index contributed by atoms with van der Waals surface area (Å²) >= 11 is 0. The fourth-order valence-electron chi connectivity index (χ4n) is 1.22. The van der Waals surface area contributed by atoms with Crippen LogP contribution in [0.2, 0.25) is 0 Å². The van der Waals surface area contributed by atoms with Crippen molar-refractivity contribution in [3.8, 4) is 0 Å². The average Bonchev–Trinajstić information content (AvgIpc) is 2.29. The maximum absolute atomic E-state index is 11.2. The summed E-state index contributed by atoms with van der Waals surface area (Å²) in [6.07, 6.45) is -0.123. The summed E-state index contributed by atoms with van der Waals surface area (Å²) in [5.74, 6) is 0. The maximum atomic E-state index is 11.2. The smallest absolute Gasteiger partial charge is 0.410 e. The lowest BCUT2D eigenvalue weighted by Gasteiger charge is -2.24. The van der Waals surface area contributed by atoms with Crippen LogP contribution in [0.5, 0.6) is 0 Å². The van der Waals surface area contributed by atoms with Gasteiger partial charge in [0.2, 0.25) is 0 Å². The van der Waals surface area contributed by atoms with Gasteiger partial charge in [-0.1, -0.05) is 20.8 Å². The van der Waals surface area contributed by atoms with Gasteiger partial charge < -0.3 is 9.64 Å². The minimum absolute atomic E-state index is 0.0462. The molecule has 0 radical (unpaired) electrons. The molecule has 1 aliphatic heterocycles. The van der Waals surface area contributed by atoms with Gasteiger partial charge in [0.15, 0.2) is 0 Å². The van der Waals surface area contributed by atoms with Crippen molar-refractivity contribution in [2.24, 2.45) is 5.41 Å². The van der Waals surface area contributed by atoms with Gasteiger partial charge in [0.1, 0.15) is 6.10 Å². The molecule has 1 atom stereocenters. The second-order valence-electron chi connectivity index (χ2n) is 4.28. The van der Waals surface area contributed by atoms with E-state index in [4.69, 9.17) is 4.74 Å². The number of hydrogen-bond donors (Lipinski definition) is 0. The highest BCUT2D eigenvalue weighted by Crippen LogP contribution is 2.27. The van der Waals surface area contributed by atoms with E-state index >= 15 is 0 Å². The number of amides is 1. The third-order valence-corrected chi connectivity index (χ3v) is 2.24. The largest absolute Gasteiger partial charge is 0.444 e. The van der Waals surface area contributed by atoms with Crippen molar-refractivity contribution >= 4 is 6.09 Å². The van der Waals surface area contributed by atoms with E-state index in [1.54, 1.807) is 4.90 Å².